The van der Waals surface area contributed by atoms with Gasteiger partial charge in [0.2, 0.25) is 5.16 Å². The highest BCUT2D eigenvalue weighted by Gasteiger charge is 2.54. The van der Waals surface area contributed by atoms with Crippen molar-refractivity contribution in [2.24, 2.45) is 5.16 Å². The van der Waals surface area contributed by atoms with E-state index in [2.05, 4.69) is 31.0 Å². The molecule has 2 aromatic rings. The Bertz CT molecular complexity index is 1260. The Morgan fingerprint density at radius 1 is 1.43 bits per heavy atom. The quantitative estimate of drug-likeness (QED) is 0.131. The van der Waals surface area contributed by atoms with Gasteiger partial charge in [0.05, 0.1) is 6.54 Å². The smallest absolute Gasteiger partial charge is 0.352 e. The molecule has 2 atom stereocenters. The monoisotopic (exact) mass is 568 g/mol. The number of carboxylic acids is 1. The van der Waals surface area contributed by atoms with Crippen LogP contribution in [0.5, 0.6) is 0 Å². The van der Waals surface area contributed by atoms with Gasteiger partial charge >= 0.3 is 5.97 Å². The molecule has 18 heteroatoms. The van der Waals surface area contributed by atoms with Crippen LogP contribution in [0.2, 0.25) is 0 Å². The number of hydrogen-bond donors (Lipinski definition) is 3. The predicted octanol–water partition coefficient (Wildman–Crippen LogP) is -0.845. The van der Waals surface area contributed by atoms with Crippen molar-refractivity contribution in [2.45, 2.75) is 23.1 Å². The first-order chi connectivity index (χ1) is 17.7. The highest BCUT2D eigenvalue weighted by atomic mass is 32.2. The number of nitrogens with zero attached hydrogens (tertiary/aromatic N) is 8. The molecule has 0 spiro atoms. The third kappa shape index (κ3) is 5.71. The Labute approximate surface area is 223 Å². The number of aromatic nitrogens is 5. The number of carboxylic acid groups (broad SMARTS) is 1. The summed E-state index contributed by atoms with van der Waals surface area (Å²) in [6.45, 7) is 1.32. The van der Waals surface area contributed by atoms with Crippen molar-refractivity contribution in [1.82, 2.24) is 40.3 Å². The van der Waals surface area contributed by atoms with Gasteiger partial charge in [-0.15, -0.1) is 28.2 Å². The van der Waals surface area contributed by atoms with Gasteiger partial charge in [0, 0.05) is 23.4 Å². The Hall–Kier alpha value is -3.22. The maximum atomic E-state index is 13.0. The van der Waals surface area contributed by atoms with Gasteiger partial charge in [0.15, 0.2) is 10.8 Å². The summed E-state index contributed by atoms with van der Waals surface area (Å²) in [6.07, 6.45) is 0. The molecule has 15 nitrogen and oxygen atoms in total. The number of amides is 2. The fourth-order valence-electron chi connectivity index (χ4n) is 3.58. The summed E-state index contributed by atoms with van der Waals surface area (Å²) in [6, 6.07) is -0.933. The molecule has 198 valence electrons. The minimum atomic E-state index is -1.22. The molecule has 4 N–H and O–H groups in total. The maximum Gasteiger partial charge on any atom is 0.352 e. The molecule has 4 heterocycles. The summed E-state index contributed by atoms with van der Waals surface area (Å²) in [5.74, 6) is -1.78. The van der Waals surface area contributed by atoms with E-state index in [1.165, 1.54) is 35.5 Å². The number of nitrogens with two attached hydrogens (primary N) is 1. The van der Waals surface area contributed by atoms with Crippen LogP contribution in [0.15, 0.2) is 27.0 Å². The number of nitrogen functional groups attached to an aromatic ring is 1. The van der Waals surface area contributed by atoms with Crippen LogP contribution in [0.25, 0.3) is 0 Å². The molecule has 2 aliphatic heterocycles. The van der Waals surface area contributed by atoms with E-state index < -0.39 is 29.2 Å². The summed E-state index contributed by atoms with van der Waals surface area (Å²) in [5, 5.41) is 29.7. The van der Waals surface area contributed by atoms with Crippen LogP contribution in [0, 0.1) is 0 Å². The van der Waals surface area contributed by atoms with Crippen LogP contribution < -0.4 is 11.1 Å². The Morgan fingerprint density at radius 2 is 2.22 bits per heavy atom. The Kier molecular flexibility index (Phi) is 8.30. The minimum Gasteiger partial charge on any atom is -0.477 e. The zero-order valence-corrected chi connectivity index (χ0v) is 22.5. The summed E-state index contributed by atoms with van der Waals surface area (Å²) in [4.78, 5) is 50.0. The van der Waals surface area contributed by atoms with Crippen molar-refractivity contribution in [1.29, 1.82) is 0 Å². The largest absolute Gasteiger partial charge is 0.477 e. The molecule has 0 bridgehead atoms. The van der Waals surface area contributed by atoms with Crippen LogP contribution in [0.4, 0.5) is 5.13 Å². The molecule has 2 amide bonds. The number of hydrogen-bond acceptors (Lipinski definition) is 14. The van der Waals surface area contributed by atoms with Gasteiger partial charge in [-0.05, 0) is 30.1 Å². The molecule has 2 aromatic heterocycles. The lowest BCUT2D eigenvalue weighted by atomic mass is 10.0. The molecule has 1 fully saturated rings. The first-order valence-electron chi connectivity index (χ1n) is 10.8. The average molecular weight is 569 g/mol. The molecule has 0 radical (unpaired) electrons. The molecule has 0 aromatic carbocycles. The molecule has 4 rings (SSSR count). The summed E-state index contributed by atoms with van der Waals surface area (Å²) >= 11 is 3.79. The standard InChI is InChI=1S/C19H24N10O5S3/c1-27(2)4-5-28-19(23-25-26-28)37-7-9-6-35-16-12(15(31)29(16)13(9)17(32)33)22-14(30)11(24-34-3)10-8-36-18(20)21-10/h8,12,16H,4-7H2,1-3H3,(H2,20,21)(H,22,30)(H,32,33)/t12?,16-/m1/s1. The number of aliphatic carboxylic acids is 1. The molecule has 1 unspecified atom stereocenters. The third-order valence-electron chi connectivity index (χ3n) is 5.33. The number of anilines is 1. The highest BCUT2D eigenvalue weighted by Crippen LogP contribution is 2.41. The second-order valence-electron chi connectivity index (χ2n) is 8.09. The molecule has 2 aliphatic rings. The van der Waals surface area contributed by atoms with Crippen molar-refractivity contribution >= 4 is 63.5 Å². The van der Waals surface area contributed by atoms with Crippen molar-refractivity contribution in [3.8, 4) is 0 Å². The summed E-state index contributed by atoms with van der Waals surface area (Å²) in [5.41, 5.74) is 6.20. The average Bonchev–Trinajstić information content (AvgIpc) is 3.50. The number of β-lactam (4-membered cyclic amide) rings is 1. The van der Waals surface area contributed by atoms with Gasteiger partial charge in [0.25, 0.3) is 11.8 Å². The van der Waals surface area contributed by atoms with Crippen molar-refractivity contribution < 1.29 is 24.3 Å². The van der Waals surface area contributed by atoms with Gasteiger partial charge in [-0.25, -0.2) is 14.5 Å². The van der Waals surface area contributed by atoms with Crippen LogP contribution >= 0.6 is 34.9 Å². The molecular formula is C19H24N10O5S3. The minimum absolute atomic E-state index is 0.0860. The number of thiazole rings is 1. The van der Waals surface area contributed by atoms with E-state index in [1.54, 1.807) is 10.1 Å². The fourth-order valence-corrected chi connectivity index (χ4v) is 6.52. The van der Waals surface area contributed by atoms with Crippen molar-refractivity contribution in [3.63, 3.8) is 0 Å². The highest BCUT2D eigenvalue weighted by molar-refractivity contribution is 8.01. The summed E-state index contributed by atoms with van der Waals surface area (Å²) in [7, 11) is 5.16. The lowest BCUT2D eigenvalue weighted by Crippen LogP contribution is -2.71. The number of rotatable bonds is 11. The Balaban J connectivity index is 1.46. The van der Waals surface area contributed by atoms with Crippen LogP contribution in [0.1, 0.15) is 5.69 Å². The van der Waals surface area contributed by atoms with E-state index in [0.717, 1.165) is 17.9 Å². The lowest BCUT2D eigenvalue weighted by Gasteiger charge is -2.49. The number of likely N-dealkylation sites (N-methyl/N-ethyl adjacent to an activating group) is 1. The predicted molar refractivity (Wildman–Crippen MR) is 137 cm³/mol. The van der Waals surface area contributed by atoms with Crippen molar-refractivity contribution in [2.75, 3.05) is 45.0 Å². The van der Waals surface area contributed by atoms with E-state index in [0.29, 0.717) is 28.8 Å². The number of tetrazole rings is 1. The number of nitrogens with one attached hydrogen (secondary N) is 1. The van der Waals surface area contributed by atoms with Crippen molar-refractivity contribution in [3.05, 3.63) is 22.3 Å². The van der Waals surface area contributed by atoms with Crippen LogP contribution in [-0.4, -0.2) is 114 Å². The van der Waals surface area contributed by atoms with Gasteiger partial charge < -0.3 is 25.9 Å². The normalized spacial score (nSPS) is 19.6. The zero-order valence-electron chi connectivity index (χ0n) is 20.0. The molecule has 37 heavy (non-hydrogen) atoms. The zero-order chi connectivity index (χ0) is 26.7. The first kappa shape index (κ1) is 26.8. The van der Waals surface area contributed by atoms with E-state index in [4.69, 9.17) is 10.6 Å². The molecule has 0 aliphatic carbocycles. The fraction of sp³-hybridized carbons (Fsp3) is 0.474. The maximum absolute atomic E-state index is 13.0. The van der Waals surface area contributed by atoms with Gasteiger partial charge in [-0.1, -0.05) is 16.9 Å². The first-order valence-corrected chi connectivity index (χ1v) is 13.7. The van der Waals surface area contributed by atoms with E-state index in [9.17, 15) is 19.5 Å². The number of fused-ring (bicyclic) bond motifs is 1. The third-order valence-corrected chi connectivity index (χ3v) is 8.39. The SMILES string of the molecule is CON=C(C(=O)NC1C(=O)N2C(C(=O)O)=C(CSc3nnnn3CCN(C)C)CS[C@H]12)c1csc(N)n1. The summed E-state index contributed by atoms with van der Waals surface area (Å²) < 4.78 is 1.65. The van der Waals surface area contributed by atoms with Gasteiger partial charge in [-0.2, -0.15) is 0 Å². The number of oxime groups is 1. The number of carbonyl (C=O) groups excluding carboxylic acids is 2. The second-order valence-corrected chi connectivity index (χ2v) is 11.0. The number of carbonyl (C=O) groups is 3. The van der Waals surface area contributed by atoms with E-state index in [-0.39, 0.29) is 22.2 Å². The Morgan fingerprint density at radius 3 is 2.86 bits per heavy atom. The topological polar surface area (TPSA) is 194 Å². The van der Waals surface area contributed by atoms with E-state index in [1.807, 2.05) is 19.0 Å². The molecule has 0 saturated carbocycles. The lowest BCUT2D eigenvalue weighted by molar-refractivity contribution is -0.150. The van der Waals surface area contributed by atoms with E-state index >= 15 is 0 Å². The number of thioether (sulfide) groups is 2. The van der Waals surface area contributed by atoms with Crippen LogP contribution in [-0.2, 0) is 25.8 Å². The second kappa shape index (κ2) is 11.4. The van der Waals surface area contributed by atoms with Gasteiger partial charge in [0.1, 0.15) is 29.9 Å². The molecule has 1 saturated heterocycles. The van der Waals surface area contributed by atoms with Gasteiger partial charge in [-0.3, -0.25) is 14.5 Å². The van der Waals surface area contributed by atoms with Crippen LogP contribution in [0.3, 0.4) is 0 Å². The molecular weight excluding hydrogens is 544 g/mol.